The van der Waals surface area contributed by atoms with E-state index < -0.39 is 28.7 Å². The molecular weight excluding hydrogens is 363 g/mol. The lowest BCUT2D eigenvalue weighted by Gasteiger charge is -2.12. The second-order valence-electron chi connectivity index (χ2n) is 6.13. The first-order valence-electron chi connectivity index (χ1n) is 8.84. The summed E-state index contributed by atoms with van der Waals surface area (Å²) in [5.74, 6) is -1.40. The van der Waals surface area contributed by atoms with Crippen LogP contribution in [0.5, 0.6) is 0 Å². The SMILES string of the molecule is CCCNC(=O)c1nn(-c2ccccc2F)c(=O)n(Cc2ccccc2)c1=O. The first-order valence-corrected chi connectivity index (χ1v) is 8.84. The number of benzene rings is 2. The monoisotopic (exact) mass is 382 g/mol. The molecule has 8 heteroatoms. The lowest BCUT2D eigenvalue weighted by atomic mass is 10.2. The minimum Gasteiger partial charge on any atom is -0.350 e. The number of hydrogen-bond acceptors (Lipinski definition) is 4. The highest BCUT2D eigenvalue weighted by Gasteiger charge is 2.21. The summed E-state index contributed by atoms with van der Waals surface area (Å²) in [5.41, 5.74) is -1.57. The van der Waals surface area contributed by atoms with Gasteiger partial charge in [0.15, 0.2) is 0 Å². The Morgan fingerprint density at radius 2 is 1.75 bits per heavy atom. The van der Waals surface area contributed by atoms with Gasteiger partial charge in [-0.05, 0) is 24.1 Å². The van der Waals surface area contributed by atoms with Gasteiger partial charge >= 0.3 is 5.69 Å². The third kappa shape index (κ3) is 3.90. The number of nitrogens with one attached hydrogen (secondary N) is 1. The Bertz CT molecular complexity index is 1110. The number of hydrogen-bond donors (Lipinski definition) is 1. The van der Waals surface area contributed by atoms with Crippen molar-refractivity contribution in [2.45, 2.75) is 19.9 Å². The van der Waals surface area contributed by atoms with Crippen LogP contribution in [-0.4, -0.2) is 26.8 Å². The largest absolute Gasteiger partial charge is 0.352 e. The molecule has 0 aliphatic carbocycles. The topological polar surface area (TPSA) is 86.0 Å². The molecule has 28 heavy (non-hydrogen) atoms. The van der Waals surface area contributed by atoms with Gasteiger partial charge < -0.3 is 5.32 Å². The van der Waals surface area contributed by atoms with Gasteiger partial charge in [0.1, 0.15) is 11.5 Å². The van der Waals surface area contributed by atoms with Crippen LogP contribution in [0.1, 0.15) is 29.4 Å². The summed E-state index contributed by atoms with van der Waals surface area (Å²) in [7, 11) is 0. The molecule has 0 atom stereocenters. The van der Waals surface area contributed by atoms with Gasteiger partial charge in [0.2, 0.25) is 5.69 Å². The normalized spacial score (nSPS) is 10.6. The van der Waals surface area contributed by atoms with Crippen LogP contribution < -0.4 is 16.6 Å². The second kappa shape index (κ2) is 8.43. The quantitative estimate of drug-likeness (QED) is 0.703. The molecule has 0 spiro atoms. The smallest absolute Gasteiger partial charge is 0.350 e. The Morgan fingerprint density at radius 1 is 1.07 bits per heavy atom. The van der Waals surface area contributed by atoms with E-state index in [9.17, 15) is 18.8 Å². The molecule has 0 saturated heterocycles. The maximum absolute atomic E-state index is 14.3. The fourth-order valence-corrected chi connectivity index (χ4v) is 2.67. The van der Waals surface area contributed by atoms with E-state index in [-0.39, 0.29) is 12.2 Å². The number of rotatable bonds is 6. The molecule has 2 aromatic carbocycles. The van der Waals surface area contributed by atoms with Crippen LogP contribution in [0.4, 0.5) is 4.39 Å². The first kappa shape index (κ1) is 19.2. The highest BCUT2D eigenvalue weighted by Crippen LogP contribution is 2.09. The van der Waals surface area contributed by atoms with Gasteiger partial charge in [0.05, 0.1) is 6.54 Å². The molecule has 1 amide bonds. The summed E-state index contributed by atoms with van der Waals surface area (Å²) in [6, 6.07) is 14.4. The van der Waals surface area contributed by atoms with Gasteiger partial charge in [-0.15, -0.1) is 0 Å². The van der Waals surface area contributed by atoms with Crippen molar-refractivity contribution < 1.29 is 9.18 Å². The maximum Gasteiger partial charge on any atom is 0.352 e. The van der Waals surface area contributed by atoms with Crippen LogP contribution in [0.2, 0.25) is 0 Å². The maximum atomic E-state index is 14.3. The number of carbonyl (C=O) groups excluding carboxylic acids is 1. The molecule has 0 bridgehead atoms. The number of amides is 1. The second-order valence-corrected chi connectivity index (χ2v) is 6.13. The van der Waals surface area contributed by atoms with Gasteiger partial charge in [-0.3, -0.25) is 14.2 Å². The molecule has 0 fully saturated rings. The van der Waals surface area contributed by atoms with Crippen LogP contribution in [-0.2, 0) is 6.54 Å². The average molecular weight is 382 g/mol. The van der Waals surface area contributed by atoms with E-state index in [2.05, 4.69) is 10.4 Å². The predicted octanol–water partition coefficient (Wildman–Crippen LogP) is 1.72. The zero-order valence-electron chi connectivity index (χ0n) is 15.3. The molecule has 0 radical (unpaired) electrons. The molecule has 1 N–H and O–H groups in total. The van der Waals surface area contributed by atoms with Gasteiger partial charge in [-0.2, -0.15) is 9.78 Å². The summed E-state index contributed by atoms with van der Waals surface area (Å²) in [6.07, 6.45) is 0.664. The number of halogens is 1. The molecule has 3 rings (SSSR count). The fraction of sp³-hybridized carbons (Fsp3) is 0.200. The van der Waals surface area contributed by atoms with E-state index in [4.69, 9.17) is 0 Å². The lowest BCUT2D eigenvalue weighted by molar-refractivity contribution is 0.0943. The molecule has 144 valence electrons. The first-order chi connectivity index (χ1) is 13.5. The summed E-state index contributed by atoms with van der Waals surface area (Å²) in [4.78, 5) is 38.1. The van der Waals surface area contributed by atoms with Crippen molar-refractivity contribution in [3.8, 4) is 5.69 Å². The number of nitrogens with zero attached hydrogens (tertiary/aromatic N) is 3. The van der Waals surface area contributed by atoms with E-state index in [1.54, 1.807) is 30.3 Å². The van der Waals surface area contributed by atoms with Gasteiger partial charge in [-0.1, -0.05) is 49.4 Å². The van der Waals surface area contributed by atoms with Crippen molar-refractivity contribution >= 4 is 5.91 Å². The van der Waals surface area contributed by atoms with Crippen LogP contribution in [0.25, 0.3) is 5.69 Å². The Hall–Kier alpha value is -3.55. The van der Waals surface area contributed by atoms with Crippen molar-refractivity contribution in [2.24, 2.45) is 0 Å². The standard InChI is InChI=1S/C20H19FN4O3/c1-2-12-22-18(26)17-19(27)24(13-14-8-4-3-5-9-14)20(28)25(23-17)16-11-7-6-10-15(16)21/h3-11H,2,12-13H2,1H3,(H,22,26). The van der Waals surface area contributed by atoms with Crippen LogP contribution >= 0.6 is 0 Å². The minimum atomic E-state index is -0.828. The summed E-state index contributed by atoms with van der Waals surface area (Å²) in [6.45, 7) is 2.14. The Morgan fingerprint density at radius 3 is 2.43 bits per heavy atom. The minimum absolute atomic E-state index is 0.0659. The Labute approximate surface area is 160 Å². The Kier molecular flexibility index (Phi) is 5.78. The molecule has 0 unspecified atom stereocenters. The van der Waals surface area contributed by atoms with Crippen LogP contribution in [0.3, 0.4) is 0 Å². The van der Waals surface area contributed by atoms with Crippen LogP contribution in [0.15, 0.2) is 64.2 Å². The van der Waals surface area contributed by atoms with Gasteiger partial charge in [0, 0.05) is 6.54 Å². The average Bonchev–Trinajstić information content (AvgIpc) is 2.71. The summed E-state index contributed by atoms with van der Waals surface area (Å²) >= 11 is 0. The third-order valence-corrected chi connectivity index (χ3v) is 4.07. The number of carbonyl (C=O) groups is 1. The molecule has 0 saturated carbocycles. The van der Waals surface area contributed by atoms with Crippen molar-refractivity contribution in [1.82, 2.24) is 19.7 Å². The Balaban J connectivity index is 2.21. The van der Waals surface area contributed by atoms with Crippen molar-refractivity contribution in [3.05, 3.63) is 92.5 Å². The van der Waals surface area contributed by atoms with E-state index in [0.717, 1.165) is 9.25 Å². The van der Waals surface area contributed by atoms with E-state index in [0.29, 0.717) is 18.5 Å². The van der Waals surface area contributed by atoms with Crippen molar-refractivity contribution in [3.63, 3.8) is 0 Å². The summed E-state index contributed by atoms with van der Waals surface area (Å²) in [5, 5.41) is 6.45. The lowest BCUT2D eigenvalue weighted by Crippen LogP contribution is -2.46. The van der Waals surface area contributed by atoms with E-state index in [1.807, 2.05) is 6.92 Å². The highest BCUT2D eigenvalue weighted by atomic mass is 19.1. The zero-order chi connectivity index (χ0) is 20.1. The molecule has 3 aromatic rings. The molecule has 0 aliphatic heterocycles. The number of aromatic nitrogens is 3. The van der Waals surface area contributed by atoms with Crippen molar-refractivity contribution in [2.75, 3.05) is 6.54 Å². The molecule has 1 aromatic heterocycles. The third-order valence-electron chi connectivity index (χ3n) is 4.07. The fourth-order valence-electron chi connectivity index (χ4n) is 2.67. The molecule has 0 aliphatic rings. The summed E-state index contributed by atoms with van der Waals surface area (Å²) < 4.78 is 15.9. The van der Waals surface area contributed by atoms with Crippen molar-refractivity contribution in [1.29, 1.82) is 0 Å². The molecule has 1 heterocycles. The van der Waals surface area contributed by atoms with E-state index in [1.165, 1.54) is 24.3 Å². The molecule has 7 nitrogen and oxygen atoms in total. The zero-order valence-corrected chi connectivity index (χ0v) is 15.3. The predicted molar refractivity (Wildman–Crippen MR) is 102 cm³/mol. The number of para-hydroxylation sites is 1. The van der Waals surface area contributed by atoms with E-state index >= 15 is 0 Å². The highest BCUT2D eigenvalue weighted by molar-refractivity contribution is 5.91. The molecular formula is C20H19FN4O3. The van der Waals surface area contributed by atoms with Gasteiger partial charge in [-0.25, -0.2) is 9.18 Å². The van der Waals surface area contributed by atoms with Gasteiger partial charge in [0.25, 0.3) is 11.5 Å². The van der Waals surface area contributed by atoms with Crippen LogP contribution in [0, 0.1) is 5.82 Å².